The molecule has 1 aromatic carbocycles. The molecule has 0 saturated heterocycles. The van der Waals surface area contributed by atoms with E-state index in [2.05, 4.69) is 5.10 Å². The van der Waals surface area contributed by atoms with Gasteiger partial charge in [-0.3, -0.25) is 14.3 Å². The van der Waals surface area contributed by atoms with Crippen molar-refractivity contribution in [2.24, 2.45) is 12.8 Å². The number of nitrogens with two attached hydrogens (primary N) is 1. The minimum Gasteiger partial charge on any atom is -0.370 e. The van der Waals surface area contributed by atoms with Crippen LogP contribution in [0.5, 0.6) is 0 Å². The number of primary amides is 1. The molecule has 0 fully saturated rings. The third-order valence-corrected chi connectivity index (χ3v) is 4.28. The zero-order chi connectivity index (χ0) is 17.9. The number of benzene rings is 1. The zero-order valence-electron chi connectivity index (χ0n) is 14.6. The summed E-state index contributed by atoms with van der Waals surface area (Å²) in [5.41, 5.74) is 8.77. The molecule has 1 heterocycles. The van der Waals surface area contributed by atoms with Gasteiger partial charge in [-0.05, 0) is 32.9 Å². The van der Waals surface area contributed by atoms with E-state index < -0.39 is 5.91 Å². The second-order valence-electron chi connectivity index (χ2n) is 5.97. The van der Waals surface area contributed by atoms with Gasteiger partial charge in [0.25, 0.3) is 0 Å². The van der Waals surface area contributed by atoms with Crippen LogP contribution in [-0.2, 0) is 16.6 Å². The Labute approximate surface area is 142 Å². The minimum absolute atomic E-state index is 0.0679. The number of carbonyl (C=O) groups is 2. The van der Waals surface area contributed by atoms with Crippen LogP contribution in [0.2, 0.25) is 0 Å². The molecule has 0 aliphatic carbocycles. The third-order valence-electron chi connectivity index (χ3n) is 4.28. The molecular formula is C18H24N4O2. The quantitative estimate of drug-likeness (QED) is 0.881. The van der Waals surface area contributed by atoms with Crippen LogP contribution < -0.4 is 10.6 Å². The molecule has 0 spiro atoms. The van der Waals surface area contributed by atoms with Crippen molar-refractivity contribution in [3.05, 3.63) is 47.3 Å². The molecule has 0 bridgehead atoms. The molecular weight excluding hydrogens is 304 g/mol. The van der Waals surface area contributed by atoms with Crippen molar-refractivity contribution < 1.29 is 9.59 Å². The number of hydrogen-bond donors (Lipinski definition) is 1. The number of aryl methyl sites for hydroxylation is 2. The van der Waals surface area contributed by atoms with Gasteiger partial charge in [0.05, 0.1) is 11.6 Å². The number of hydrogen-bond acceptors (Lipinski definition) is 3. The number of anilines is 1. The van der Waals surface area contributed by atoms with Crippen LogP contribution in [0.15, 0.2) is 30.3 Å². The van der Waals surface area contributed by atoms with Crippen molar-refractivity contribution in [2.75, 3.05) is 11.4 Å². The van der Waals surface area contributed by atoms with E-state index >= 15 is 0 Å². The average Bonchev–Trinajstić information content (AvgIpc) is 2.80. The predicted octanol–water partition coefficient (Wildman–Crippen LogP) is 2.05. The summed E-state index contributed by atoms with van der Waals surface area (Å²) < 4.78 is 1.78. The van der Waals surface area contributed by atoms with E-state index in [1.807, 2.05) is 58.2 Å². The number of carbonyl (C=O) groups excluding carboxylic acids is 2. The maximum absolute atomic E-state index is 13.1. The topological polar surface area (TPSA) is 81.2 Å². The van der Waals surface area contributed by atoms with Gasteiger partial charge in [-0.25, -0.2) is 0 Å². The first-order valence-corrected chi connectivity index (χ1v) is 7.97. The van der Waals surface area contributed by atoms with Crippen molar-refractivity contribution in [1.82, 2.24) is 9.78 Å². The van der Waals surface area contributed by atoms with E-state index in [-0.39, 0.29) is 24.8 Å². The number of rotatable bonds is 6. The smallest absolute Gasteiger partial charge is 0.234 e. The van der Waals surface area contributed by atoms with Crippen LogP contribution >= 0.6 is 0 Å². The van der Waals surface area contributed by atoms with Crippen LogP contribution in [0, 0.1) is 13.8 Å². The summed E-state index contributed by atoms with van der Waals surface area (Å²) in [5, 5.41) is 4.39. The Morgan fingerprint density at radius 3 is 2.38 bits per heavy atom. The van der Waals surface area contributed by atoms with Crippen molar-refractivity contribution in [1.29, 1.82) is 0 Å². The number of para-hydroxylation sites is 1. The molecule has 2 amide bonds. The first-order chi connectivity index (χ1) is 11.3. The van der Waals surface area contributed by atoms with Crippen molar-refractivity contribution in [3.63, 3.8) is 0 Å². The highest BCUT2D eigenvalue weighted by Crippen LogP contribution is 2.27. The highest BCUT2D eigenvalue weighted by molar-refractivity contribution is 5.98. The fraction of sp³-hybridized carbons (Fsp3) is 0.389. The average molecular weight is 328 g/mol. The van der Waals surface area contributed by atoms with Gasteiger partial charge in [0, 0.05) is 37.0 Å². The first-order valence-electron chi connectivity index (χ1n) is 7.97. The van der Waals surface area contributed by atoms with Crippen LogP contribution in [0.1, 0.15) is 36.2 Å². The summed E-state index contributed by atoms with van der Waals surface area (Å²) >= 11 is 0. The number of nitrogens with zero attached hydrogens (tertiary/aromatic N) is 3. The summed E-state index contributed by atoms with van der Waals surface area (Å²) in [6, 6.07) is 9.33. The van der Waals surface area contributed by atoms with Gasteiger partial charge < -0.3 is 10.6 Å². The van der Waals surface area contributed by atoms with Crippen molar-refractivity contribution >= 4 is 17.5 Å². The lowest BCUT2D eigenvalue weighted by atomic mass is 9.97. The highest BCUT2D eigenvalue weighted by atomic mass is 16.2. The van der Waals surface area contributed by atoms with Crippen molar-refractivity contribution in [3.8, 4) is 0 Å². The monoisotopic (exact) mass is 328 g/mol. The summed E-state index contributed by atoms with van der Waals surface area (Å²) in [6.45, 7) is 6.00. The van der Waals surface area contributed by atoms with Crippen LogP contribution in [0.25, 0.3) is 0 Å². The Morgan fingerprint density at radius 2 is 1.88 bits per heavy atom. The maximum atomic E-state index is 13.1. The van der Waals surface area contributed by atoms with Gasteiger partial charge in [0.15, 0.2) is 0 Å². The molecule has 6 nitrogen and oxygen atoms in total. The van der Waals surface area contributed by atoms with E-state index in [4.69, 9.17) is 5.73 Å². The lowest BCUT2D eigenvalue weighted by Gasteiger charge is -2.26. The fourth-order valence-electron chi connectivity index (χ4n) is 2.97. The van der Waals surface area contributed by atoms with Gasteiger partial charge in [-0.1, -0.05) is 18.2 Å². The Morgan fingerprint density at radius 1 is 1.25 bits per heavy atom. The predicted molar refractivity (Wildman–Crippen MR) is 93.7 cm³/mol. The second kappa shape index (κ2) is 7.29. The summed E-state index contributed by atoms with van der Waals surface area (Å²) in [6.07, 6.45) is 0.123. The number of amides is 2. The Balaban J connectivity index is 2.34. The molecule has 0 radical (unpaired) electrons. The fourth-order valence-corrected chi connectivity index (χ4v) is 2.97. The summed E-state index contributed by atoms with van der Waals surface area (Å²) in [4.78, 5) is 25.9. The van der Waals surface area contributed by atoms with Crippen LogP contribution in [-0.4, -0.2) is 28.1 Å². The lowest BCUT2D eigenvalue weighted by Crippen LogP contribution is -2.37. The molecule has 0 saturated carbocycles. The summed E-state index contributed by atoms with van der Waals surface area (Å²) in [7, 11) is 1.87. The van der Waals surface area contributed by atoms with Gasteiger partial charge in [-0.15, -0.1) is 0 Å². The molecule has 0 aliphatic heterocycles. The SMILES string of the molecule is Cc1nn(C)c(C)c1C(C)C(=O)N(CCC(N)=O)c1ccccc1. The molecule has 2 rings (SSSR count). The zero-order valence-corrected chi connectivity index (χ0v) is 14.6. The van der Waals surface area contributed by atoms with Gasteiger partial charge in [0.2, 0.25) is 11.8 Å². The van der Waals surface area contributed by atoms with Crippen LogP contribution in [0.3, 0.4) is 0 Å². The van der Waals surface area contributed by atoms with E-state index in [1.54, 1.807) is 9.58 Å². The second-order valence-corrected chi connectivity index (χ2v) is 5.97. The van der Waals surface area contributed by atoms with Gasteiger partial charge >= 0.3 is 0 Å². The lowest BCUT2D eigenvalue weighted by molar-refractivity contribution is -0.120. The third kappa shape index (κ3) is 3.64. The molecule has 2 N–H and O–H groups in total. The Kier molecular flexibility index (Phi) is 5.39. The van der Waals surface area contributed by atoms with E-state index in [0.717, 1.165) is 22.6 Å². The Hall–Kier alpha value is -2.63. The maximum Gasteiger partial charge on any atom is 0.234 e. The minimum atomic E-state index is -0.426. The molecule has 24 heavy (non-hydrogen) atoms. The van der Waals surface area contributed by atoms with Crippen molar-refractivity contribution in [2.45, 2.75) is 33.1 Å². The van der Waals surface area contributed by atoms with E-state index in [9.17, 15) is 9.59 Å². The van der Waals surface area contributed by atoms with Gasteiger partial charge in [-0.2, -0.15) is 5.10 Å². The first kappa shape index (κ1) is 17.7. The normalized spacial score (nSPS) is 12.0. The molecule has 0 aliphatic rings. The molecule has 6 heteroatoms. The molecule has 1 aromatic heterocycles. The molecule has 2 aromatic rings. The molecule has 128 valence electrons. The standard InChI is InChI=1S/C18H24N4O2/c1-12(17-13(2)20-21(4)14(17)3)18(24)22(11-10-16(19)23)15-8-6-5-7-9-15/h5-9,12H,10-11H2,1-4H3,(H2,19,23). The Bertz CT molecular complexity index is 737. The largest absolute Gasteiger partial charge is 0.370 e. The van der Waals surface area contributed by atoms with E-state index in [1.165, 1.54) is 0 Å². The molecule has 1 unspecified atom stereocenters. The molecule has 1 atom stereocenters. The highest BCUT2D eigenvalue weighted by Gasteiger charge is 2.27. The number of aromatic nitrogens is 2. The van der Waals surface area contributed by atoms with E-state index in [0.29, 0.717) is 0 Å². The van der Waals surface area contributed by atoms with Crippen LogP contribution in [0.4, 0.5) is 5.69 Å². The summed E-state index contributed by atoms with van der Waals surface area (Å²) in [5.74, 6) is -0.849. The van der Waals surface area contributed by atoms with Gasteiger partial charge in [0.1, 0.15) is 0 Å².